The first kappa shape index (κ1) is 12.7. The molecule has 2 heterocycles. The maximum absolute atomic E-state index is 5.20. The number of anilines is 1. The Bertz CT molecular complexity index is 416. The van der Waals surface area contributed by atoms with Crippen LogP contribution in [0, 0.1) is 5.92 Å². The average Bonchev–Trinajstić information content (AvgIpc) is 3.12. The predicted octanol–water partition coefficient (Wildman–Crippen LogP) is 1.45. The van der Waals surface area contributed by atoms with Gasteiger partial charge >= 0.3 is 0 Å². The molecule has 0 radical (unpaired) electrons. The highest BCUT2D eigenvalue weighted by Crippen LogP contribution is 2.31. The van der Waals surface area contributed by atoms with Gasteiger partial charge in [0, 0.05) is 25.2 Å². The molecule has 0 amide bonds. The van der Waals surface area contributed by atoms with Crippen LogP contribution in [0.15, 0.2) is 12.4 Å². The third-order valence-electron chi connectivity index (χ3n) is 3.94. The normalized spacial score (nSPS) is 22.5. The van der Waals surface area contributed by atoms with Crippen LogP contribution in [0.4, 0.5) is 5.82 Å². The number of rotatable bonds is 6. The van der Waals surface area contributed by atoms with E-state index in [-0.39, 0.29) is 0 Å². The first-order valence-electron chi connectivity index (χ1n) is 7.19. The van der Waals surface area contributed by atoms with Gasteiger partial charge in [-0.3, -0.25) is 0 Å². The highest BCUT2D eigenvalue weighted by Gasteiger charge is 2.27. The first-order chi connectivity index (χ1) is 9.35. The van der Waals surface area contributed by atoms with Crippen molar-refractivity contribution >= 4 is 5.82 Å². The lowest BCUT2D eigenvalue weighted by Gasteiger charge is -2.27. The van der Waals surface area contributed by atoms with Crippen molar-refractivity contribution in [3.8, 4) is 5.88 Å². The molecule has 5 heteroatoms. The Labute approximate surface area is 114 Å². The fourth-order valence-electron chi connectivity index (χ4n) is 2.67. The van der Waals surface area contributed by atoms with Gasteiger partial charge < -0.3 is 15.0 Å². The summed E-state index contributed by atoms with van der Waals surface area (Å²) in [6.45, 7) is 3.30. The lowest BCUT2D eigenvalue weighted by Crippen LogP contribution is -2.39. The van der Waals surface area contributed by atoms with Gasteiger partial charge in [0.25, 0.3) is 0 Å². The van der Waals surface area contributed by atoms with Crippen LogP contribution in [0.3, 0.4) is 0 Å². The van der Waals surface area contributed by atoms with E-state index in [9.17, 15) is 0 Å². The molecule has 1 aromatic heterocycles. The second-order valence-corrected chi connectivity index (χ2v) is 5.56. The minimum absolute atomic E-state index is 0.597. The Hall–Kier alpha value is -1.36. The number of hydrogen-bond acceptors (Lipinski definition) is 5. The van der Waals surface area contributed by atoms with Crippen LogP contribution >= 0.6 is 0 Å². The molecule has 19 heavy (non-hydrogen) atoms. The Balaban J connectivity index is 1.71. The number of nitrogens with zero attached hydrogens (tertiary/aromatic N) is 3. The summed E-state index contributed by atoms with van der Waals surface area (Å²) < 4.78 is 5.20. The zero-order chi connectivity index (χ0) is 13.1. The van der Waals surface area contributed by atoms with Gasteiger partial charge in [0.05, 0.1) is 7.11 Å². The van der Waals surface area contributed by atoms with Crippen LogP contribution < -0.4 is 15.0 Å². The molecular formula is C14H22N4O. The predicted molar refractivity (Wildman–Crippen MR) is 74.5 cm³/mol. The first-order valence-corrected chi connectivity index (χ1v) is 7.19. The average molecular weight is 262 g/mol. The Morgan fingerprint density at radius 1 is 1.32 bits per heavy atom. The third-order valence-corrected chi connectivity index (χ3v) is 3.94. The van der Waals surface area contributed by atoms with Gasteiger partial charge in [0.1, 0.15) is 12.1 Å². The molecule has 5 nitrogen and oxygen atoms in total. The third kappa shape index (κ3) is 3.35. The maximum Gasteiger partial charge on any atom is 0.218 e. The van der Waals surface area contributed by atoms with Crippen molar-refractivity contribution in [2.45, 2.75) is 31.7 Å². The number of nitrogens with one attached hydrogen (secondary N) is 1. The van der Waals surface area contributed by atoms with Gasteiger partial charge in [-0.05, 0) is 38.1 Å². The summed E-state index contributed by atoms with van der Waals surface area (Å²) in [5.74, 6) is 2.49. The molecule has 1 N–H and O–H groups in total. The highest BCUT2D eigenvalue weighted by molar-refractivity contribution is 5.41. The van der Waals surface area contributed by atoms with Crippen molar-refractivity contribution in [1.29, 1.82) is 0 Å². The zero-order valence-corrected chi connectivity index (χ0v) is 11.5. The van der Waals surface area contributed by atoms with Gasteiger partial charge in [0.15, 0.2) is 0 Å². The van der Waals surface area contributed by atoms with Crippen molar-refractivity contribution in [3.05, 3.63) is 12.4 Å². The topological polar surface area (TPSA) is 50.3 Å². The van der Waals surface area contributed by atoms with Crippen LogP contribution in [0.25, 0.3) is 0 Å². The van der Waals surface area contributed by atoms with Crippen LogP contribution in [-0.2, 0) is 0 Å². The molecule has 1 aliphatic heterocycles. The summed E-state index contributed by atoms with van der Waals surface area (Å²) in [6, 6.07) is 2.54. The molecule has 104 valence electrons. The number of hydrogen-bond donors (Lipinski definition) is 1. The van der Waals surface area contributed by atoms with E-state index in [0.717, 1.165) is 31.4 Å². The summed E-state index contributed by atoms with van der Waals surface area (Å²) in [4.78, 5) is 10.9. The van der Waals surface area contributed by atoms with Crippen LogP contribution in [0.5, 0.6) is 5.88 Å². The second-order valence-electron chi connectivity index (χ2n) is 5.56. The Morgan fingerprint density at radius 2 is 2.21 bits per heavy atom. The van der Waals surface area contributed by atoms with E-state index >= 15 is 0 Å². The number of aromatic nitrogens is 2. The summed E-state index contributed by atoms with van der Waals surface area (Å²) in [5, 5.41) is 3.56. The van der Waals surface area contributed by atoms with Gasteiger partial charge in [-0.15, -0.1) is 0 Å². The molecule has 2 aliphatic rings. The summed E-state index contributed by atoms with van der Waals surface area (Å²) in [5.41, 5.74) is 0. The second kappa shape index (κ2) is 5.74. The SMILES string of the molecule is COc1cc(N(CC2CC2)CC2CCCN2)ncn1. The van der Waals surface area contributed by atoms with Crippen molar-refractivity contribution in [2.75, 3.05) is 31.6 Å². The molecule has 0 aromatic carbocycles. The highest BCUT2D eigenvalue weighted by atomic mass is 16.5. The largest absolute Gasteiger partial charge is 0.481 e. The van der Waals surface area contributed by atoms with Crippen molar-refractivity contribution < 1.29 is 4.74 Å². The van der Waals surface area contributed by atoms with E-state index in [1.54, 1.807) is 13.4 Å². The van der Waals surface area contributed by atoms with E-state index < -0.39 is 0 Å². The maximum atomic E-state index is 5.20. The minimum atomic E-state index is 0.597. The van der Waals surface area contributed by atoms with Crippen LogP contribution in [0.2, 0.25) is 0 Å². The summed E-state index contributed by atoms with van der Waals surface area (Å²) in [6.07, 6.45) is 6.86. The van der Waals surface area contributed by atoms with E-state index in [2.05, 4.69) is 20.2 Å². The molecule has 1 aliphatic carbocycles. The molecular weight excluding hydrogens is 240 g/mol. The van der Waals surface area contributed by atoms with Crippen molar-refractivity contribution in [1.82, 2.24) is 15.3 Å². The molecule has 2 fully saturated rings. The van der Waals surface area contributed by atoms with Crippen molar-refractivity contribution in [2.24, 2.45) is 5.92 Å². The van der Waals surface area contributed by atoms with E-state index in [4.69, 9.17) is 4.74 Å². The van der Waals surface area contributed by atoms with E-state index in [1.165, 1.54) is 25.7 Å². The fraction of sp³-hybridized carbons (Fsp3) is 0.714. The van der Waals surface area contributed by atoms with Gasteiger partial charge in [-0.1, -0.05) is 0 Å². The van der Waals surface area contributed by atoms with Crippen molar-refractivity contribution in [3.63, 3.8) is 0 Å². The Morgan fingerprint density at radius 3 is 2.89 bits per heavy atom. The molecule has 1 atom stereocenters. The van der Waals surface area contributed by atoms with E-state index in [1.807, 2.05) is 6.07 Å². The standard InChI is InChI=1S/C14H22N4O/c1-19-14-7-13(16-10-17-14)18(8-11-4-5-11)9-12-3-2-6-15-12/h7,10-12,15H,2-6,8-9H2,1H3. The summed E-state index contributed by atoms with van der Waals surface area (Å²) >= 11 is 0. The number of methoxy groups -OCH3 is 1. The van der Waals surface area contributed by atoms with E-state index in [0.29, 0.717) is 11.9 Å². The molecule has 1 aromatic rings. The van der Waals surface area contributed by atoms with Gasteiger partial charge in [-0.25, -0.2) is 9.97 Å². The molecule has 1 unspecified atom stereocenters. The lowest BCUT2D eigenvalue weighted by atomic mass is 10.2. The van der Waals surface area contributed by atoms with Crippen LogP contribution in [-0.4, -0.2) is 42.8 Å². The fourth-order valence-corrected chi connectivity index (χ4v) is 2.67. The molecule has 1 saturated heterocycles. The lowest BCUT2D eigenvalue weighted by molar-refractivity contribution is 0.396. The molecule has 3 rings (SSSR count). The van der Waals surface area contributed by atoms with Gasteiger partial charge in [-0.2, -0.15) is 0 Å². The minimum Gasteiger partial charge on any atom is -0.481 e. The van der Waals surface area contributed by atoms with Gasteiger partial charge in [0.2, 0.25) is 5.88 Å². The van der Waals surface area contributed by atoms with Crippen LogP contribution in [0.1, 0.15) is 25.7 Å². The monoisotopic (exact) mass is 262 g/mol. The molecule has 0 spiro atoms. The Kier molecular flexibility index (Phi) is 3.82. The quantitative estimate of drug-likeness (QED) is 0.841. The molecule has 0 bridgehead atoms. The zero-order valence-electron chi connectivity index (χ0n) is 11.5. The molecule has 1 saturated carbocycles. The smallest absolute Gasteiger partial charge is 0.218 e. The number of ether oxygens (including phenoxy) is 1. The summed E-state index contributed by atoms with van der Waals surface area (Å²) in [7, 11) is 1.65.